The third kappa shape index (κ3) is 4.01. The van der Waals surface area contributed by atoms with E-state index in [2.05, 4.69) is 14.7 Å². The summed E-state index contributed by atoms with van der Waals surface area (Å²) in [5, 5.41) is 12.7. The number of methoxy groups -OCH3 is 1. The largest absolute Gasteiger partial charge is 0.480 e. The summed E-state index contributed by atoms with van der Waals surface area (Å²) in [6, 6.07) is 8.73. The van der Waals surface area contributed by atoms with Crippen molar-refractivity contribution < 1.29 is 14.6 Å². The van der Waals surface area contributed by atoms with Crippen LogP contribution in [0, 0.1) is 0 Å². The molecule has 0 radical (unpaired) electrons. The molecule has 2 aromatic rings. The highest BCUT2D eigenvalue weighted by molar-refractivity contribution is 7.09. The van der Waals surface area contributed by atoms with E-state index in [0.717, 1.165) is 17.1 Å². The van der Waals surface area contributed by atoms with Gasteiger partial charge in [0.15, 0.2) is 5.82 Å². The maximum atomic E-state index is 11.3. The van der Waals surface area contributed by atoms with E-state index in [0.29, 0.717) is 24.0 Å². The minimum Gasteiger partial charge on any atom is -0.480 e. The standard InChI is InChI=1S/C13H15N3O3S/c1-19-8-11-15-13(20-16-11)14-10(12(17)18)7-9-5-3-2-4-6-9/h2-6,10H,7-8H2,1H3,(H,17,18)(H,14,15,16)/t10-/m1/s1. The first kappa shape index (κ1) is 14.4. The third-order valence-corrected chi connectivity index (χ3v) is 3.30. The maximum Gasteiger partial charge on any atom is 0.326 e. The lowest BCUT2D eigenvalue weighted by molar-refractivity contribution is -0.137. The van der Waals surface area contributed by atoms with Gasteiger partial charge in [-0.15, -0.1) is 0 Å². The lowest BCUT2D eigenvalue weighted by Crippen LogP contribution is -2.31. The number of carboxylic acid groups (broad SMARTS) is 1. The molecule has 0 unspecified atom stereocenters. The normalized spacial score (nSPS) is 12.1. The highest BCUT2D eigenvalue weighted by atomic mass is 32.1. The van der Waals surface area contributed by atoms with Crippen molar-refractivity contribution in [3.63, 3.8) is 0 Å². The molecule has 7 heteroatoms. The fourth-order valence-electron chi connectivity index (χ4n) is 1.70. The Bertz CT molecular complexity index is 559. The second kappa shape index (κ2) is 6.97. The minimum atomic E-state index is -0.919. The van der Waals surface area contributed by atoms with Crippen molar-refractivity contribution in [1.29, 1.82) is 0 Å². The summed E-state index contributed by atoms with van der Waals surface area (Å²) in [5.41, 5.74) is 0.953. The topological polar surface area (TPSA) is 84.3 Å². The first-order valence-corrected chi connectivity index (χ1v) is 6.81. The summed E-state index contributed by atoms with van der Waals surface area (Å²) in [4.78, 5) is 15.5. The molecule has 2 rings (SSSR count). The predicted molar refractivity (Wildman–Crippen MR) is 75.8 cm³/mol. The summed E-state index contributed by atoms with van der Waals surface area (Å²) in [7, 11) is 1.56. The smallest absolute Gasteiger partial charge is 0.326 e. The van der Waals surface area contributed by atoms with Crippen LogP contribution in [-0.4, -0.2) is 33.6 Å². The number of anilines is 1. The molecule has 1 heterocycles. The first-order valence-electron chi connectivity index (χ1n) is 6.04. The van der Waals surface area contributed by atoms with Gasteiger partial charge in [0.05, 0.1) is 0 Å². The van der Waals surface area contributed by atoms with E-state index in [-0.39, 0.29) is 0 Å². The Kier molecular flexibility index (Phi) is 5.03. The Morgan fingerprint density at radius 2 is 2.20 bits per heavy atom. The number of hydrogen-bond donors (Lipinski definition) is 2. The number of aromatic nitrogens is 2. The zero-order valence-electron chi connectivity index (χ0n) is 10.9. The second-order valence-electron chi connectivity index (χ2n) is 4.17. The van der Waals surface area contributed by atoms with E-state index in [1.807, 2.05) is 30.3 Å². The van der Waals surface area contributed by atoms with E-state index in [9.17, 15) is 9.90 Å². The molecule has 106 valence electrons. The monoisotopic (exact) mass is 293 g/mol. The molecule has 0 fully saturated rings. The van der Waals surface area contributed by atoms with Gasteiger partial charge in [0, 0.05) is 25.1 Å². The molecular weight excluding hydrogens is 278 g/mol. The van der Waals surface area contributed by atoms with Gasteiger partial charge >= 0.3 is 5.97 Å². The Labute approximate surface area is 120 Å². The highest BCUT2D eigenvalue weighted by Gasteiger charge is 2.19. The average Bonchev–Trinajstić information content (AvgIpc) is 2.87. The molecule has 0 saturated heterocycles. The van der Waals surface area contributed by atoms with Crippen LogP contribution in [0.4, 0.5) is 5.13 Å². The summed E-state index contributed by atoms with van der Waals surface area (Å²) >= 11 is 1.13. The number of ether oxygens (including phenoxy) is 1. The van der Waals surface area contributed by atoms with Gasteiger partial charge in [0.25, 0.3) is 0 Å². The molecule has 1 aromatic heterocycles. The third-order valence-electron chi connectivity index (χ3n) is 2.62. The van der Waals surface area contributed by atoms with Crippen LogP contribution in [0.15, 0.2) is 30.3 Å². The predicted octanol–water partition coefficient (Wildman–Crippen LogP) is 1.79. The van der Waals surface area contributed by atoms with Crippen molar-refractivity contribution in [3.8, 4) is 0 Å². The lowest BCUT2D eigenvalue weighted by Gasteiger charge is -2.13. The van der Waals surface area contributed by atoms with Crippen molar-refractivity contribution in [1.82, 2.24) is 9.36 Å². The number of rotatable bonds is 7. The van der Waals surface area contributed by atoms with Gasteiger partial charge in [-0.1, -0.05) is 30.3 Å². The van der Waals surface area contributed by atoms with Crippen LogP contribution in [0.1, 0.15) is 11.4 Å². The maximum absolute atomic E-state index is 11.3. The summed E-state index contributed by atoms with van der Waals surface area (Å²) in [6.45, 7) is 0.314. The Morgan fingerprint density at radius 3 is 2.85 bits per heavy atom. The number of carboxylic acids is 1. The summed E-state index contributed by atoms with van der Waals surface area (Å²) < 4.78 is 9.00. The van der Waals surface area contributed by atoms with Crippen LogP contribution < -0.4 is 5.32 Å². The number of benzene rings is 1. The van der Waals surface area contributed by atoms with Gasteiger partial charge in [-0.05, 0) is 5.56 Å². The molecule has 0 aliphatic heterocycles. The molecule has 0 saturated carbocycles. The quantitative estimate of drug-likeness (QED) is 0.809. The van der Waals surface area contributed by atoms with Gasteiger partial charge in [-0.3, -0.25) is 0 Å². The molecular formula is C13H15N3O3S. The molecule has 1 aromatic carbocycles. The average molecular weight is 293 g/mol. The summed E-state index contributed by atoms with van der Waals surface area (Å²) in [5.74, 6) is -0.374. The fraction of sp³-hybridized carbons (Fsp3) is 0.308. The van der Waals surface area contributed by atoms with Crippen molar-refractivity contribution in [3.05, 3.63) is 41.7 Å². The number of aliphatic carboxylic acids is 1. The van der Waals surface area contributed by atoms with Gasteiger partial charge in [0.1, 0.15) is 12.6 Å². The van der Waals surface area contributed by atoms with Gasteiger partial charge in [-0.2, -0.15) is 4.37 Å². The van der Waals surface area contributed by atoms with Crippen LogP contribution in [0.25, 0.3) is 0 Å². The van der Waals surface area contributed by atoms with E-state index in [1.165, 1.54) is 0 Å². The van der Waals surface area contributed by atoms with Gasteiger partial charge < -0.3 is 15.2 Å². The molecule has 0 amide bonds. The van der Waals surface area contributed by atoms with Gasteiger partial charge in [-0.25, -0.2) is 9.78 Å². The zero-order valence-corrected chi connectivity index (χ0v) is 11.8. The molecule has 0 spiro atoms. The molecule has 0 aliphatic rings. The second-order valence-corrected chi connectivity index (χ2v) is 4.93. The summed E-state index contributed by atoms with van der Waals surface area (Å²) in [6.07, 6.45) is 0.384. The van der Waals surface area contributed by atoms with Crippen molar-refractivity contribution >= 4 is 22.6 Å². The number of hydrogen-bond acceptors (Lipinski definition) is 6. The number of nitrogens with one attached hydrogen (secondary N) is 1. The molecule has 0 aliphatic carbocycles. The number of nitrogens with zero attached hydrogens (tertiary/aromatic N) is 2. The molecule has 0 bridgehead atoms. The highest BCUT2D eigenvalue weighted by Crippen LogP contribution is 2.15. The first-order chi connectivity index (χ1) is 9.69. The van der Waals surface area contributed by atoms with Crippen LogP contribution in [-0.2, 0) is 22.6 Å². The molecule has 6 nitrogen and oxygen atoms in total. The van der Waals surface area contributed by atoms with E-state index >= 15 is 0 Å². The van der Waals surface area contributed by atoms with Gasteiger partial charge in [0.2, 0.25) is 5.13 Å². The van der Waals surface area contributed by atoms with Crippen LogP contribution in [0.2, 0.25) is 0 Å². The van der Waals surface area contributed by atoms with E-state index in [1.54, 1.807) is 7.11 Å². The van der Waals surface area contributed by atoms with Crippen LogP contribution >= 0.6 is 11.5 Å². The zero-order chi connectivity index (χ0) is 14.4. The van der Waals surface area contributed by atoms with Crippen LogP contribution in [0.5, 0.6) is 0 Å². The number of carbonyl (C=O) groups is 1. The Balaban J connectivity index is 2.03. The van der Waals surface area contributed by atoms with E-state index < -0.39 is 12.0 Å². The Morgan fingerprint density at radius 1 is 1.45 bits per heavy atom. The molecule has 1 atom stereocenters. The van der Waals surface area contributed by atoms with Crippen LogP contribution in [0.3, 0.4) is 0 Å². The fourth-order valence-corrected chi connectivity index (χ4v) is 2.33. The molecule has 20 heavy (non-hydrogen) atoms. The minimum absolute atomic E-state index is 0.314. The van der Waals surface area contributed by atoms with Crippen molar-refractivity contribution in [2.75, 3.05) is 12.4 Å². The van der Waals surface area contributed by atoms with E-state index in [4.69, 9.17) is 4.74 Å². The SMILES string of the molecule is COCc1nsc(N[C@H](Cc2ccccc2)C(=O)O)n1. The molecule has 2 N–H and O–H groups in total. The Hall–Kier alpha value is -1.99. The van der Waals surface area contributed by atoms with Crippen molar-refractivity contribution in [2.24, 2.45) is 0 Å². The van der Waals surface area contributed by atoms with Crippen molar-refractivity contribution in [2.45, 2.75) is 19.1 Å². The lowest BCUT2D eigenvalue weighted by atomic mass is 10.1.